The van der Waals surface area contributed by atoms with Crippen molar-refractivity contribution in [1.29, 1.82) is 0 Å². The number of aromatic nitrogens is 1. The standard InChI is InChI=1S/C9H6N.3CH3.Sn/c1-2-4-9-7-10-6-5-8(9)3-1;;;;/h1-4,6-7H;3*1H3;. The third kappa shape index (κ3) is 1.78. The van der Waals surface area contributed by atoms with E-state index in [0.717, 1.165) is 0 Å². The van der Waals surface area contributed by atoms with E-state index in [-0.39, 0.29) is 0 Å². The van der Waals surface area contributed by atoms with Crippen LogP contribution in [0.1, 0.15) is 0 Å². The Hall–Kier alpha value is -0.571. The van der Waals surface area contributed by atoms with Crippen molar-refractivity contribution in [1.82, 2.24) is 4.98 Å². The molecule has 14 heavy (non-hydrogen) atoms. The molecule has 2 rings (SSSR count). The topological polar surface area (TPSA) is 12.9 Å². The fourth-order valence-electron chi connectivity index (χ4n) is 1.71. The predicted octanol–water partition coefficient (Wildman–Crippen LogP) is 2.78. The summed E-state index contributed by atoms with van der Waals surface area (Å²) in [5.74, 6) is 0. The van der Waals surface area contributed by atoms with E-state index in [2.05, 4.69) is 50.3 Å². The van der Waals surface area contributed by atoms with Crippen molar-refractivity contribution < 1.29 is 0 Å². The van der Waals surface area contributed by atoms with E-state index in [1.807, 2.05) is 6.20 Å². The van der Waals surface area contributed by atoms with Crippen molar-refractivity contribution in [3.8, 4) is 0 Å². The number of fused-ring (bicyclic) bond motifs is 1. The molecule has 0 saturated carbocycles. The first-order valence-electron chi connectivity index (χ1n) is 4.92. The molecule has 0 amide bonds. The third-order valence-corrected chi connectivity index (χ3v) is 8.23. The molecule has 1 aromatic carbocycles. The molecule has 0 unspecified atom stereocenters. The van der Waals surface area contributed by atoms with Gasteiger partial charge in [0.2, 0.25) is 0 Å². The Morgan fingerprint density at radius 1 is 1.00 bits per heavy atom. The molecular formula is C12H15NSn. The maximum absolute atomic E-state index is 4.33. The molecule has 0 aliphatic carbocycles. The van der Waals surface area contributed by atoms with Crippen molar-refractivity contribution in [3.05, 3.63) is 36.7 Å². The third-order valence-electron chi connectivity index (χ3n) is 2.48. The van der Waals surface area contributed by atoms with Gasteiger partial charge in [-0.2, -0.15) is 0 Å². The molecule has 0 spiro atoms. The van der Waals surface area contributed by atoms with Crippen molar-refractivity contribution >= 4 is 32.7 Å². The fourth-order valence-corrected chi connectivity index (χ4v) is 5.99. The molecule has 2 aromatic rings. The molecular weight excluding hydrogens is 277 g/mol. The Labute approximate surface area is 89.0 Å². The summed E-state index contributed by atoms with van der Waals surface area (Å²) in [7, 11) is 0. The monoisotopic (exact) mass is 293 g/mol. The van der Waals surface area contributed by atoms with E-state index >= 15 is 0 Å². The van der Waals surface area contributed by atoms with Crippen molar-refractivity contribution in [2.75, 3.05) is 0 Å². The van der Waals surface area contributed by atoms with Crippen LogP contribution >= 0.6 is 0 Å². The molecule has 72 valence electrons. The Morgan fingerprint density at radius 2 is 1.71 bits per heavy atom. The zero-order valence-corrected chi connectivity index (χ0v) is 11.8. The summed E-state index contributed by atoms with van der Waals surface area (Å²) in [4.78, 5) is 11.6. The molecule has 1 nitrogen and oxygen atoms in total. The van der Waals surface area contributed by atoms with Gasteiger partial charge in [0.15, 0.2) is 0 Å². The molecule has 0 aliphatic heterocycles. The van der Waals surface area contributed by atoms with Crippen LogP contribution in [0.4, 0.5) is 0 Å². The van der Waals surface area contributed by atoms with Crippen molar-refractivity contribution in [2.45, 2.75) is 14.8 Å². The first-order valence-corrected chi connectivity index (χ1v) is 14.9. The summed E-state index contributed by atoms with van der Waals surface area (Å²) in [6.07, 6.45) is 4.02. The normalized spacial score (nSPS) is 11.9. The molecule has 0 bridgehead atoms. The van der Waals surface area contributed by atoms with E-state index in [0.29, 0.717) is 0 Å². The molecule has 0 N–H and O–H groups in total. The van der Waals surface area contributed by atoms with Gasteiger partial charge >= 0.3 is 89.2 Å². The van der Waals surface area contributed by atoms with Crippen LogP contribution in [0.15, 0.2) is 36.7 Å². The van der Waals surface area contributed by atoms with Gasteiger partial charge in [-0.25, -0.2) is 0 Å². The predicted molar refractivity (Wildman–Crippen MR) is 64.7 cm³/mol. The molecule has 0 fully saturated rings. The van der Waals surface area contributed by atoms with Gasteiger partial charge in [-0.15, -0.1) is 0 Å². The van der Waals surface area contributed by atoms with Crippen molar-refractivity contribution in [2.24, 2.45) is 0 Å². The SMILES string of the molecule is [CH3][Sn]([CH3])([CH3])[c]1cncc2ccccc12. The summed E-state index contributed by atoms with van der Waals surface area (Å²) >= 11 is -1.99. The average Bonchev–Trinajstić information content (AvgIpc) is 2.15. The van der Waals surface area contributed by atoms with Crippen LogP contribution in [0, 0.1) is 0 Å². The number of benzene rings is 1. The van der Waals surface area contributed by atoms with Gasteiger partial charge in [-0.1, -0.05) is 0 Å². The summed E-state index contributed by atoms with van der Waals surface area (Å²) in [6, 6.07) is 8.55. The number of rotatable bonds is 1. The fraction of sp³-hybridized carbons (Fsp3) is 0.250. The molecule has 0 saturated heterocycles. The molecule has 0 aliphatic rings. The zero-order valence-electron chi connectivity index (χ0n) is 8.91. The number of hydrogen-bond donors (Lipinski definition) is 0. The number of hydrogen-bond acceptors (Lipinski definition) is 1. The summed E-state index contributed by atoms with van der Waals surface area (Å²) in [6.45, 7) is 0. The molecule has 0 atom stereocenters. The van der Waals surface area contributed by atoms with Gasteiger partial charge in [0.25, 0.3) is 0 Å². The number of nitrogens with zero attached hydrogens (tertiary/aromatic N) is 1. The van der Waals surface area contributed by atoms with Gasteiger partial charge in [0.1, 0.15) is 0 Å². The van der Waals surface area contributed by atoms with Gasteiger partial charge < -0.3 is 0 Å². The molecule has 1 aromatic heterocycles. The molecule has 2 heteroatoms. The quantitative estimate of drug-likeness (QED) is 0.736. The zero-order chi connectivity index (χ0) is 10.2. The first kappa shape index (κ1) is 9.96. The second kappa shape index (κ2) is 3.54. The average molecular weight is 292 g/mol. The molecule has 1 heterocycles. The van der Waals surface area contributed by atoms with Gasteiger partial charge in [-0.05, 0) is 0 Å². The van der Waals surface area contributed by atoms with E-state index < -0.39 is 18.4 Å². The Bertz CT molecular complexity index is 452. The Balaban J connectivity index is 2.78. The summed E-state index contributed by atoms with van der Waals surface area (Å²) < 4.78 is 1.53. The van der Waals surface area contributed by atoms with E-state index in [1.165, 1.54) is 14.4 Å². The van der Waals surface area contributed by atoms with Crippen LogP contribution in [0.2, 0.25) is 14.8 Å². The van der Waals surface area contributed by atoms with E-state index in [4.69, 9.17) is 0 Å². The van der Waals surface area contributed by atoms with Crippen LogP contribution in [0.25, 0.3) is 10.8 Å². The van der Waals surface area contributed by atoms with Crippen molar-refractivity contribution in [3.63, 3.8) is 0 Å². The Kier molecular flexibility index (Phi) is 2.52. The second-order valence-electron chi connectivity index (χ2n) is 4.66. The summed E-state index contributed by atoms with van der Waals surface area (Å²) in [5.41, 5.74) is 0. The second-order valence-corrected chi connectivity index (χ2v) is 19.0. The van der Waals surface area contributed by atoms with Crippen LogP contribution in [0.3, 0.4) is 0 Å². The van der Waals surface area contributed by atoms with Gasteiger partial charge in [0.05, 0.1) is 0 Å². The van der Waals surface area contributed by atoms with Crippen LogP contribution in [-0.2, 0) is 0 Å². The minimum atomic E-state index is -1.99. The van der Waals surface area contributed by atoms with Gasteiger partial charge in [0, 0.05) is 0 Å². The van der Waals surface area contributed by atoms with Gasteiger partial charge in [-0.3, -0.25) is 0 Å². The minimum absolute atomic E-state index is 1.27. The summed E-state index contributed by atoms with van der Waals surface area (Å²) in [5, 5.41) is 2.68. The van der Waals surface area contributed by atoms with Crippen LogP contribution < -0.4 is 3.58 Å². The maximum atomic E-state index is 4.33. The number of pyridine rings is 1. The van der Waals surface area contributed by atoms with E-state index in [1.54, 1.807) is 0 Å². The molecule has 0 radical (unpaired) electrons. The first-order chi connectivity index (χ1) is 6.59. The van der Waals surface area contributed by atoms with Crippen LogP contribution in [-0.4, -0.2) is 23.4 Å². The van der Waals surface area contributed by atoms with Crippen LogP contribution in [0.5, 0.6) is 0 Å². The Morgan fingerprint density at radius 3 is 2.43 bits per heavy atom. The van der Waals surface area contributed by atoms with E-state index in [9.17, 15) is 0 Å².